The van der Waals surface area contributed by atoms with E-state index in [0.717, 1.165) is 0 Å². The van der Waals surface area contributed by atoms with Gasteiger partial charge in [-0.3, -0.25) is 14.4 Å². The van der Waals surface area contributed by atoms with Gasteiger partial charge >= 0.3 is 0 Å². The molecule has 3 N–H and O–H groups in total. The number of ketones is 1. The van der Waals surface area contributed by atoms with Gasteiger partial charge in [-0.15, -0.1) is 10.2 Å². The monoisotopic (exact) mass is 375 g/mol. The number of carbonyl (C=O) groups excluding carboxylic acids is 3. The number of para-hydroxylation sites is 1. The molecule has 0 fully saturated rings. The van der Waals surface area contributed by atoms with E-state index in [2.05, 4.69) is 15.5 Å². The third kappa shape index (κ3) is 4.92. The zero-order valence-corrected chi connectivity index (χ0v) is 15.7. The number of nitrogens with zero attached hydrogens (tertiary/aromatic N) is 3. The van der Waals surface area contributed by atoms with Gasteiger partial charge in [-0.05, 0) is 26.0 Å². The standard InChI is InChI=1S/C17H21N5O3S/c1-10(23)12-6-4-5-7-13(12)19-16(25)11(2)26-17-21-20-15(22(17)3)9-8-14(18)24/h4-7,11H,8-9H2,1-3H3,(H2,18,24)(H,19,25)/t11-/m1/s1. The van der Waals surface area contributed by atoms with Crippen molar-refractivity contribution < 1.29 is 14.4 Å². The number of primary amides is 1. The van der Waals surface area contributed by atoms with E-state index in [4.69, 9.17) is 5.73 Å². The lowest BCUT2D eigenvalue weighted by molar-refractivity contribution is -0.118. The molecule has 0 aliphatic heterocycles. The number of Topliss-reactive ketones (excluding diaryl/α,β-unsaturated/α-hetero) is 1. The zero-order valence-electron chi connectivity index (χ0n) is 14.9. The van der Waals surface area contributed by atoms with Gasteiger partial charge in [0.1, 0.15) is 5.82 Å². The van der Waals surface area contributed by atoms with Crippen LogP contribution < -0.4 is 11.1 Å². The molecule has 0 radical (unpaired) electrons. The van der Waals surface area contributed by atoms with E-state index in [9.17, 15) is 14.4 Å². The first-order valence-electron chi connectivity index (χ1n) is 8.03. The minimum atomic E-state index is -0.457. The molecule has 0 spiro atoms. The van der Waals surface area contributed by atoms with Crippen molar-refractivity contribution in [3.05, 3.63) is 35.7 Å². The van der Waals surface area contributed by atoms with Crippen molar-refractivity contribution >= 4 is 35.0 Å². The van der Waals surface area contributed by atoms with Crippen molar-refractivity contribution in [2.45, 2.75) is 37.1 Å². The fourth-order valence-corrected chi connectivity index (χ4v) is 3.08. The fraction of sp³-hybridized carbons (Fsp3) is 0.353. The highest BCUT2D eigenvalue weighted by Gasteiger charge is 2.20. The predicted octanol–water partition coefficient (Wildman–Crippen LogP) is 1.55. The summed E-state index contributed by atoms with van der Waals surface area (Å²) in [4.78, 5) is 35.0. The molecule has 2 amide bonds. The number of hydrogen-bond donors (Lipinski definition) is 2. The number of hydrogen-bond acceptors (Lipinski definition) is 6. The molecule has 1 atom stereocenters. The molecular formula is C17H21N5O3S. The largest absolute Gasteiger partial charge is 0.370 e. The number of thioether (sulfide) groups is 1. The Bertz CT molecular complexity index is 834. The molecular weight excluding hydrogens is 354 g/mol. The van der Waals surface area contributed by atoms with Crippen LogP contribution in [0.2, 0.25) is 0 Å². The average molecular weight is 375 g/mol. The van der Waals surface area contributed by atoms with Gasteiger partial charge in [-0.25, -0.2) is 0 Å². The average Bonchev–Trinajstić information content (AvgIpc) is 2.93. The Morgan fingerprint density at radius 3 is 2.62 bits per heavy atom. The molecule has 0 aliphatic rings. The summed E-state index contributed by atoms with van der Waals surface area (Å²) < 4.78 is 1.74. The van der Waals surface area contributed by atoms with E-state index in [1.165, 1.54) is 18.7 Å². The maximum absolute atomic E-state index is 12.5. The van der Waals surface area contributed by atoms with Crippen LogP contribution in [0, 0.1) is 0 Å². The molecule has 2 aromatic rings. The third-order valence-electron chi connectivity index (χ3n) is 3.74. The quantitative estimate of drug-likeness (QED) is 0.534. The van der Waals surface area contributed by atoms with E-state index < -0.39 is 11.2 Å². The Kier molecular flexibility index (Phi) is 6.51. The Labute approximate surface area is 155 Å². The van der Waals surface area contributed by atoms with Crippen LogP contribution in [0.1, 0.15) is 36.5 Å². The van der Waals surface area contributed by atoms with Crippen LogP contribution in [-0.2, 0) is 23.1 Å². The Hall–Kier alpha value is -2.68. The molecule has 9 heteroatoms. The van der Waals surface area contributed by atoms with Crippen LogP contribution in [0.5, 0.6) is 0 Å². The molecule has 138 valence electrons. The summed E-state index contributed by atoms with van der Waals surface area (Å²) in [7, 11) is 1.77. The molecule has 26 heavy (non-hydrogen) atoms. The molecule has 1 heterocycles. The number of aryl methyl sites for hydroxylation is 1. The molecule has 8 nitrogen and oxygen atoms in total. The summed E-state index contributed by atoms with van der Waals surface area (Å²) in [6.07, 6.45) is 0.584. The van der Waals surface area contributed by atoms with E-state index in [-0.39, 0.29) is 18.1 Å². The number of aromatic nitrogens is 3. The Balaban J connectivity index is 2.04. The highest BCUT2D eigenvalue weighted by Crippen LogP contribution is 2.24. The molecule has 0 bridgehead atoms. The lowest BCUT2D eigenvalue weighted by atomic mass is 10.1. The second-order valence-corrected chi connectivity index (χ2v) is 7.08. The predicted molar refractivity (Wildman–Crippen MR) is 98.9 cm³/mol. The summed E-state index contributed by atoms with van der Waals surface area (Å²) in [6, 6.07) is 6.87. The molecule has 1 aromatic carbocycles. The third-order valence-corrected chi connectivity index (χ3v) is 4.87. The van der Waals surface area contributed by atoms with E-state index in [1.807, 2.05) is 0 Å². The molecule has 0 aliphatic carbocycles. The number of nitrogens with one attached hydrogen (secondary N) is 1. The number of anilines is 1. The summed E-state index contributed by atoms with van der Waals surface area (Å²) in [6.45, 7) is 3.20. The van der Waals surface area contributed by atoms with Gasteiger partial charge in [0.25, 0.3) is 0 Å². The van der Waals surface area contributed by atoms with Crippen LogP contribution in [0.4, 0.5) is 5.69 Å². The van der Waals surface area contributed by atoms with Crippen LogP contribution in [0.25, 0.3) is 0 Å². The van der Waals surface area contributed by atoms with Gasteiger partial charge < -0.3 is 15.6 Å². The molecule has 2 rings (SSSR count). The minimum Gasteiger partial charge on any atom is -0.370 e. The highest BCUT2D eigenvalue weighted by molar-refractivity contribution is 8.00. The first-order valence-corrected chi connectivity index (χ1v) is 8.91. The number of benzene rings is 1. The maximum atomic E-state index is 12.5. The number of amides is 2. The van der Waals surface area contributed by atoms with Crippen LogP contribution in [0.15, 0.2) is 29.4 Å². The van der Waals surface area contributed by atoms with Crippen molar-refractivity contribution in [3.63, 3.8) is 0 Å². The SMILES string of the molecule is CC(=O)c1ccccc1NC(=O)[C@@H](C)Sc1nnc(CCC(N)=O)n1C. The second kappa shape index (κ2) is 8.61. The Morgan fingerprint density at radius 2 is 1.96 bits per heavy atom. The van der Waals surface area contributed by atoms with Gasteiger partial charge in [0.15, 0.2) is 10.9 Å². The zero-order chi connectivity index (χ0) is 19.3. The van der Waals surface area contributed by atoms with Crippen molar-refractivity contribution in [1.82, 2.24) is 14.8 Å². The highest BCUT2D eigenvalue weighted by atomic mass is 32.2. The number of nitrogens with two attached hydrogens (primary N) is 1. The van der Waals surface area contributed by atoms with E-state index >= 15 is 0 Å². The summed E-state index contributed by atoms with van der Waals surface area (Å²) in [5, 5.41) is 11.0. The fourth-order valence-electron chi connectivity index (χ4n) is 2.25. The molecule has 0 saturated carbocycles. The van der Waals surface area contributed by atoms with Crippen LogP contribution in [0.3, 0.4) is 0 Å². The molecule has 1 aromatic heterocycles. The lowest BCUT2D eigenvalue weighted by Gasteiger charge is -2.13. The van der Waals surface area contributed by atoms with Crippen LogP contribution >= 0.6 is 11.8 Å². The molecule has 0 unspecified atom stereocenters. The van der Waals surface area contributed by atoms with Crippen molar-refractivity contribution in [1.29, 1.82) is 0 Å². The summed E-state index contributed by atoms with van der Waals surface area (Å²) in [5.74, 6) is -0.140. The lowest BCUT2D eigenvalue weighted by Crippen LogP contribution is -2.24. The van der Waals surface area contributed by atoms with Gasteiger partial charge in [-0.1, -0.05) is 23.9 Å². The molecule has 0 saturated heterocycles. The van der Waals surface area contributed by atoms with Crippen molar-refractivity contribution in [2.75, 3.05) is 5.32 Å². The topological polar surface area (TPSA) is 120 Å². The smallest absolute Gasteiger partial charge is 0.237 e. The van der Waals surface area contributed by atoms with Gasteiger partial charge in [0.2, 0.25) is 11.8 Å². The van der Waals surface area contributed by atoms with E-state index in [0.29, 0.717) is 28.7 Å². The first kappa shape index (κ1) is 19.6. The normalized spacial score (nSPS) is 11.8. The minimum absolute atomic E-state index is 0.117. The summed E-state index contributed by atoms with van der Waals surface area (Å²) in [5.41, 5.74) is 6.09. The van der Waals surface area contributed by atoms with Gasteiger partial charge in [0, 0.05) is 25.5 Å². The number of rotatable bonds is 8. The first-order chi connectivity index (χ1) is 12.3. The second-order valence-electron chi connectivity index (χ2n) is 5.78. The number of carbonyl (C=O) groups is 3. The van der Waals surface area contributed by atoms with Gasteiger partial charge in [-0.2, -0.15) is 0 Å². The van der Waals surface area contributed by atoms with Gasteiger partial charge in [0.05, 0.1) is 10.9 Å². The summed E-state index contributed by atoms with van der Waals surface area (Å²) >= 11 is 1.24. The van der Waals surface area contributed by atoms with Crippen LogP contribution in [-0.4, -0.2) is 37.6 Å². The van der Waals surface area contributed by atoms with Crippen molar-refractivity contribution in [2.24, 2.45) is 12.8 Å². The Morgan fingerprint density at radius 1 is 1.27 bits per heavy atom. The van der Waals surface area contributed by atoms with E-state index in [1.54, 1.807) is 42.8 Å². The van der Waals surface area contributed by atoms with Crippen molar-refractivity contribution in [3.8, 4) is 0 Å². The maximum Gasteiger partial charge on any atom is 0.237 e.